The van der Waals surface area contributed by atoms with E-state index in [9.17, 15) is 4.39 Å². The molecule has 0 aliphatic rings. The minimum atomic E-state index is -0.419. The number of para-hydroxylation sites is 1. The number of aromatic nitrogens is 2. The number of anilines is 1. The van der Waals surface area contributed by atoms with Crippen LogP contribution >= 0.6 is 15.9 Å². The number of nitrogens with zero attached hydrogens (tertiary/aromatic N) is 3. The van der Waals surface area contributed by atoms with Crippen LogP contribution in [0.25, 0.3) is 16.7 Å². The lowest BCUT2D eigenvalue weighted by Gasteiger charge is -2.09. The van der Waals surface area contributed by atoms with Crippen molar-refractivity contribution < 1.29 is 4.39 Å². The number of imidazole rings is 1. The van der Waals surface area contributed by atoms with Crippen LogP contribution in [0.3, 0.4) is 0 Å². The van der Waals surface area contributed by atoms with Gasteiger partial charge in [-0.3, -0.25) is 4.57 Å². The fourth-order valence-electron chi connectivity index (χ4n) is 2.09. The molecule has 3 aromatic rings. The van der Waals surface area contributed by atoms with Crippen molar-refractivity contribution in [3.63, 3.8) is 0 Å². The number of hydrogen-bond donors (Lipinski definition) is 1. The molecule has 0 fully saturated rings. The predicted octanol–water partition coefficient (Wildman–Crippen LogP) is 3.38. The zero-order valence-corrected chi connectivity index (χ0v) is 11.7. The largest absolute Gasteiger partial charge is 0.369 e. The van der Waals surface area contributed by atoms with E-state index < -0.39 is 5.82 Å². The van der Waals surface area contributed by atoms with Crippen molar-refractivity contribution in [1.29, 1.82) is 5.26 Å². The molecular weight excluding hydrogens is 323 g/mol. The fraction of sp³-hybridized carbons (Fsp3) is 0. The first-order chi connectivity index (χ1) is 9.61. The Morgan fingerprint density at radius 2 is 2.10 bits per heavy atom. The molecule has 0 spiro atoms. The lowest BCUT2D eigenvalue weighted by atomic mass is 10.2. The molecule has 2 N–H and O–H groups in total. The normalized spacial score (nSPS) is 10.7. The maximum absolute atomic E-state index is 13.7. The lowest BCUT2D eigenvalue weighted by molar-refractivity contribution is 0.637. The molecule has 0 atom stereocenters. The van der Waals surface area contributed by atoms with Gasteiger partial charge in [0.2, 0.25) is 5.95 Å². The number of fused-ring (bicyclic) bond motifs is 1. The molecule has 0 aliphatic carbocycles. The summed E-state index contributed by atoms with van der Waals surface area (Å²) in [4.78, 5) is 4.05. The molecule has 0 saturated heterocycles. The van der Waals surface area contributed by atoms with E-state index in [1.807, 2.05) is 0 Å². The molecule has 0 amide bonds. The molecule has 0 saturated carbocycles. The third kappa shape index (κ3) is 1.84. The summed E-state index contributed by atoms with van der Waals surface area (Å²) in [5, 5.41) is 8.88. The second kappa shape index (κ2) is 4.62. The first-order valence-corrected chi connectivity index (χ1v) is 6.53. The average molecular weight is 331 g/mol. The van der Waals surface area contributed by atoms with E-state index in [4.69, 9.17) is 11.0 Å². The van der Waals surface area contributed by atoms with Gasteiger partial charge in [-0.05, 0) is 46.3 Å². The third-order valence-corrected chi connectivity index (χ3v) is 3.61. The van der Waals surface area contributed by atoms with E-state index in [2.05, 4.69) is 27.0 Å². The lowest BCUT2D eigenvalue weighted by Crippen LogP contribution is -2.01. The summed E-state index contributed by atoms with van der Waals surface area (Å²) in [5.74, 6) is -0.228. The number of nitriles is 1. The van der Waals surface area contributed by atoms with Crippen LogP contribution in [0.15, 0.2) is 40.9 Å². The van der Waals surface area contributed by atoms with Crippen LogP contribution in [-0.2, 0) is 0 Å². The maximum atomic E-state index is 13.7. The van der Waals surface area contributed by atoms with Crippen molar-refractivity contribution in [1.82, 2.24) is 9.55 Å². The minimum absolute atomic E-state index is 0.190. The molecule has 4 nitrogen and oxygen atoms in total. The topological polar surface area (TPSA) is 67.6 Å². The highest BCUT2D eigenvalue weighted by Crippen LogP contribution is 2.29. The molecule has 0 unspecified atom stereocenters. The second-order valence-electron chi connectivity index (χ2n) is 4.19. The zero-order chi connectivity index (χ0) is 14.3. The van der Waals surface area contributed by atoms with Crippen molar-refractivity contribution in [2.24, 2.45) is 0 Å². The quantitative estimate of drug-likeness (QED) is 0.743. The van der Waals surface area contributed by atoms with Gasteiger partial charge in [0.15, 0.2) is 5.82 Å². The Bertz CT molecular complexity index is 863. The fourth-order valence-corrected chi connectivity index (χ4v) is 2.65. The SMILES string of the molecule is N#Cc1ccc(-n2c(N)nc3c(F)cccc32)c(Br)c1. The number of rotatable bonds is 1. The summed E-state index contributed by atoms with van der Waals surface area (Å²) < 4.78 is 16.1. The monoisotopic (exact) mass is 330 g/mol. The highest BCUT2D eigenvalue weighted by Gasteiger charge is 2.15. The summed E-state index contributed by atoms with van der Waals surface area (Å²) in [6.07, 6.45) is 0. The van der Waals surface area contributed by atoms with Crippen LogP contribution in [0.4, 0.5) is 10.3 Å². The number of hydrogen-bond acceptors (Lipinski definition) is 3. The molecule has 3 rings (SSSR count). The van der Waals surface area contributed by atoms with E-state index >= 15 is 0 Å². The molecular formula is C14H8BrFN4. The van der Waals surface area contributed by atoms with Gasteiger partial charge in [0, 0.05) is 4.47 Å². The van der Waals surface area contributed by atoms with Crippen LogP contribution in [0.1, 0.15) is 5.56 Å². The van der Waals surface area contributed by atoms with Crippen molar-refractivity contribution in [2.75, 3.05) is 5.73 Å². The van der Waals surface area contributed by atoms with E-state index in [1.54, 1.807) is 34.9 Å². The van der Waals surface area contributed by atoms with Crippen LogP contribution in [-0.4, -0.2) is 9.55 Å². The van der Waals surface area contributed by atoms with Crippen LogP contribution in [0.2, 0.25) is 0 Å². The van der Waals surface area contributed by atoms with Crippen LogP contribution < -0.4 is 5.73 Å². The number of halogens is 2. The van der Waals surface area contributed by atoms with E-state index in [0.717, 1.165) is 0 Å². The van der Waals surface area contributed by atoms with Crippen molar-refractivity contribution in [2.45, 2.75) is 0 Å². The Kier molecular flexibility index (Phi) is 2.92. The van der Waals surface area contributed by atoms with Gasteiger partial charge < -0.3 is 5.73 Å². The average Bonchev–Trinajstić information content (AvgIpc) is 2.77. The van der Waals surface area contributed by atoms with Gasteiger partial charge in [0.05, 0.1) is 22.8 Å². The summed E-state index contributed by atoms with van der Waals surface area (Å²) in [5.41, 5.74) is 7.92. The highest BCUT2D eigenvalue weighted by molar-refractivity contribution is 9.10. The standard InChI is InChI=1S/C14H8BrFN4/c15-9-6-8(7-17)4-5-11(9)20-12-3-1-2-10(16)13(12)19-14(20)18/h1-6H,(H2,18,19). The van der Waals surface area contributed by atoms with Gasteiger partial charge in [-0.25, -0.2) is 9.37 Å². The molecule has 0 radical (unpaired) electrons. The molecule has 20 heavy (non-hydrogen) atoms. The van der Waals surface area contributed by atoms with Crippen molar-refractivity contribution >= 4 is 32.9 Å². The van der Waals surface area contributed by atoms with E-state index in [0.29, 0.717) is 21.2 Å². The van der Waals surface area contributed by atoms with Gasteiger partial charge in [0.1, 0.15) is 5.52 Å². The number of nitrogens with two attached hydrogens (primary N) is 1. The minimum Gasteiger partial charge on any atom is -0.369 e. The third-order valence-electron chi connectivity index (χ3n) is 2.98. The predicted molar refractivity (Wildman–Crippen MR) is 77.9 cm³/mol. The Morgan fingerprint density at radius 3 is 2.80 bits per heavy atom. The Hall–Kier alpha value is -2.39. The molecule has 2 aromatic carbocycles. The van der Waals surface area contributed by atoms with Gasteiger partial charge >= 0.3 is 0 Å². The molecule has 0 bridgehead atoms. The van der Waals surface area contributed by atoms with Crippen LogP contribution in [0.5, 0.6) is 0 Å². The van der Waals surface area contributed by atoms with Crippen molar-refractivity contribution in [3.05, 3.63) is 52.3 Å². The molecule has 0 aliphatic heterocycles. The summed E-state index contributed by atoms with van der Waals surface area (Å²) in [6.45, 7) is 0. The zero-order valence-electron chi connectivity index (χ0n) is 10.1. The van der Waals surface area contributed by atoms with Crippen LogP contribution in [0, 0.1) is 17.1 Å². The highest BCUT2D eigenvalue weighted by atomic mass is 79.9. The van der Waals surface area contributed by atoms with Gasteiger partial charge in [-0.1, -0.05) is 6.07 Å². The van der Waals surface area contributed by atoms with Gasteiger partial charge in [-0.2, -0.15) is 5.26 Å². The summed E-state index contributed by atoms with van der Waals surface area (Å²) in [6, 6.07) is 11.8. The maximum Gasteiger partial charge on any atom is 0.206 e. The Labute approximate surface area is 122 Å². The first-order valence-electron chi connectivity index (χ1n) is 5.74. The Morgan fingerprint density at radius 1 is 1.30 bits per heavy atom. The van der Waals surface area contributed by atoms with E-state index in [-0.39, 0.29) is 11.5 Å². The van der Waals surface area contributed by atoms with Crippen molar-refractivity contribution in [3.8, 4) is 11.8 Å². The van der Waals surface area contributed by atoms with Gasteiger partial charge in [0.25, 0.3) is 0 Å². The second-order valence-corrected chi connectivity index (χ2v) is 5.05. The Balaban J connectivity index is 2.33. The molecule has 6 heteroatoms. The first kappa shape index (κ1) is 12.6. The molecule has 98 valence electrons. The summed E-state index contributed by atoms with van der Waals surface area (Å²) >= 11 is 3.40. The summed E-state index contributed by atoms with van der Waals surface area (Å²) in [7, 11) is 0. The number of nitrogen functional groups attached to an aromatic ring is 1. The molecule has 1 heterocycles. The smallest absolute Gasteiger partial charge is 0.206 e. The van der Waals surface area contributed by atoms with E-state index in [1.165, 1.54) is 6.07 Å². The van der Waals surface area contributed by atoms with Gasteiger partial charge in [-0.15, -0.1) is 0 Å². The molecule has 1 aromatic heterocycles. The number of benzene rings is 2.